The van der Waals surface area contributed by atoms with Gasteiger partial charge in [0.05, 0.1) is 5.02 Å². The van der Waals surface area contributed by atoms with Gasteiger partial charge in [-0.2, -0.15) is 0 Å². The molecule has 2 rings (SSSR count). The summed E-state index contributed by atoms with van der Waals surface area (Å²) in [6.07, 6.45) is 2.54. The normalized spacial score (nSPS) is 18.1. The summed E-state index contributed by atoms with van der Waals surface area (Å²) < 4.78 is 0. The summed E-state index contributed by atoms with van der Waals surface area (Å²) in [5.74, 6) is 0.991. The molecule has 1 aromatic carbocycles. The third-order valence-corrected chi connectivity index (χ3v) is 4.05. The lowest BCUT2D eigenvalue weighted by molar-refractivity contribution is 0.157. The Labute approximate surface area is 120 Å². The van der Waals surface area contributed by atoms with Crippen LogP contribution in [0.15, 0.2) is 18.2 Å². The molecule has 19 heavy (non-hydrogen) atoms. The molecule has 0 aliphatic carbocycles. The lowest BCUT2D eigenvalue weighted by Crippen LogP contribution is -2.36. The summed E-state index contributed by atoms with van der Waals surface area (Å²) in [4.78, 5) is 4.74. The first-order valence-electron chi connectivity index (χ1n) is 6.89. The summed E-state index contributed by atoms with van der Waals surface area (Å²) in [5.41, 5.74) is 1.17. The van der Waals surface area contributed by atoms with Gasteiger partial charge in [-0.05, 0) is 63.6 Å². The minimum atomic E-state index is 0.162. The molecule has 1 aliphatic rings. The molecule has 1 fully saturated rings. The maximum atomic E-state index is 9.42. The van der Waals surface area contributed by atoms with Crippen LogP contribution in [0.5, 0.6) is 5.75 Å². The van der Waals surface area contributed by atoms with Crippen molar-refractivity contribution in [2.45, 2.75) is 19.4 Å². The van der Waals surface area contributed by atoms with Crippen molar-refractivity contribution in [2.24, 2.45) is 5.92 Å². The first kappa shape index (κ1) is 14.6. The third-order valence-electron chi connectivity index (χ3n) is 3.75. The van der Waals surface area contributed by atoms with Crippen molar-refractivity contribution in [1.82, 2.24) is 9.80 Å². The SMILES string of the molecule is CN(C)CC1CCN(Cc2ccc(O)c(Cl)c2)CC1. The minimum Gasteiger partial charge on any atom is -0.506 e. The van der Waals surface area contributed by atoms with Crippen LogP contribution in [0.1, 0.15) is 18.4 Å². The number of piperidine rings is 1. The van der Waals surface area contributed by atoms with Gasteiger partial charge in [0.25, 0.3) is 0 Å². The number of aromatic hydroxyl groups is 1. The summed E-state index contributed by atoms with van der Waals surface area (Å²) in [5, 5.41) is 9.86. The lowest BCUT2D eigenvalue weighted by Gasteiger charge is -2.33. The number of phenolic OH excluding ortho intramolecular Hbond substituents is 1. The Kier molecular flexibility index (Phi) is 5.08. The molecular formula is C15H23ClN2O. The lowest BCUT2D eigenvalue weighted by atomic mass is 9.96. The second-order valence-electron chi connectivity index (χ2n) is 5.77. The molecule has 1 aromatic rings. The molecule has 106 valence electrons. The fourth-order valence-corrected chi connectivity index (χ4v) is 2.95. The summed E-state index contributed by atoms with van der Waals surface area (Å²) in [6.45, 7) is 4.42. The molecule has 3 nitrogen and oxygen atoms in total. The second kappa shape index (κ2) is 6.60. The van der Waals surface area contributed by atoms with E-state index >= 15 is 0 Å². The van der Waals surface area contributed by atoms with Crippen molar-refractivity contribution < 1.29 is 5.11 Å². The highest BCUT2D eigenvalue weighted by Gasteiger charge is 2.19. The smallest absolute Gasteiger partial charge is 0.134 e. The van der Waals surface area contributed by atoms with Gasteiger partial charge in [0.1, 0.15) is 5.75 Å². The van der Waals surface area contributed by atoms with Gasteiger partial charge in [-0.1, -0.05) is 17.7 Å². The van der Waals surface area contributed by atoms with Gasteiger partial charge < -0.3 is 10.0 Å². The number of rotatable bonds is 4. The Morgan fingerprint density at radius 1 is 1.32 bits per heavy atom. The molecule has 0 spiro atoms. The van der Waals surface area contributed by atoms with E-state index in [1.54, 1.807) is 6.07 Å². The molecule has 4 heteroatoms. The quantitative estimate of drug-likeness (QED) is 0.920. The number of benzene rings is 1. The molecule has 1 heterocycles. The average molecular weight is 283 g/mol. The first-order chi connectivity index (χ1) is 9.04. The molecule has 1 saturated heterocycles. The summed E-state index contributed by atoms with van der Waals surface area (Å²) in [6, 6.07) is 5.49. The Hall–Kier alpha value is -0.770. The fourth-order valence-electron chi connectivity index (χ4n) is 2.75. The van der Waals surface area contributed by atoms with Crippen LogP contribution in [-0.2, 0) is 6.54 Å². The molecule has 0 radical (unpaired) electrons. The number of hydrogen-bond donors (Lipinski definition) is 1. The highest BCUT2D eigenvalue weighted by molar-refractivity contribution is 6.32. The van der Waals surface area contributed by atoms with Gasteiger partial charge in [-0.15, -0.1) is 0 Å². The molecule has 0 atom stereocenters. The molecule has 1 N–H and O–H groups in total. The van der Waals surface area contributed by atoms with Gasteiger partial charge in [-0.25, -0.2) is 0 Å². The van der Waals surface area contributed by atoms with Crippen LogP contribution in [0.25, 0.3) is 0 Å². The predicted molar refractivity (Wildman–Crippen MR) is 79.7 cm³/mol. The molecule has 0 saturated carbocycles. The van der Waals surface area contributed by atoms with Crippen LogP contribution in [0.3, 0.4) is 0 Å². The van der Waals surface area contributed by atoms with Crippen LogP contribution in [0.4, 0.5) is 0 Å². The largest absolute Gasteiger partial charge is 0.506 e. The Morgan fingerprint density at radius 3 is 2.58 bits per heavy atom. The van der Waals surface area contributed by atoms with E-state index in [1.807, 2.05) is 12.1 Å². The molecule has 1 aliphatic heterocycles. The number of likely N-dealkylation sites (tertiary alicyclic amines) is 1. The van der Waals surface area contributed by atoms with Crippen molar-refractivity contribution in [3.05, 3.63) is 28.8 Å². The van der Waals surface area contributed by atoms with Gasteiger partial charge in [0, 0.05) is 13.1 Å². The fraction of sp³-hybridized carbons (Fsp3) is 0.600. The van der Waals surface area contributed by atoms with E-state index in [2.05, 4.69) is 23.9 Å². The van der Waals surface area contributed by atoms with Crippen molar-refractivity contribution in [2.75, 3.05) is 33.7 Å². The molecule has 0 aromatic heterocycles. The standard InChI is InChI=1S/C15H23ClN2O/c1-17(2)10-12-5-7-18(8-6-12)11-13-3-4-15(19)14(16)9-13/h3-4,9,12,19H,5-8,10-11H2,1-2H3. The van der Waals surface area contributed by atoms with Crippen LogP contribution < -0.4 is 0 Å². The van der Waals surface area contributed by atoms with Crippen LogP contribution in [0, 0.1) is 5.92 Å². The average Bonchev–Trinajstić information content (AvgIpc) is 2.36. The Morgan fingerprint density at radius 2 is 2.00 bits per heavy atom. The van der Waals surface area contributed by atoms with E-state index in [4.69, 9.17) is 11.6 Å². The van der Waals surface area contributed by atoms with Gasteiger partial charge in [-0.3, -0.25) is 4.90 Å². The zero-order valence-electron chi connectivity index (χ0n) is 11.8. The monoisotopic (exact) mass is 282 g/mol. The van der Waals surface area contributed by atoms with Crippen LogP contribution in [-0.4, -0.2) is 48.6 Å². The van der Waals surface area contributed by atoms with E-state index in [0.29, 0.717) is 5.02 Å². The van der Waals surface area contributed by atoms with Gasteiger partial charge >= 0.3 is 0 Å². The second-order valence-corrected chi connectivity index (χ2v) is 6.17. The maximum Gasteiger partial charge on any atom is 0.134 e. The van der Waals surface area contributed by atoms with Gasteiger partial charge in [0.2, 0.25) is 0 Å². The highest BCUT2D eigenvalue weighted by atomic mass is 35.5. The van der Waals surface area contributed by atoms with E-state index in [9.17, 15) is 5.11 Å². The van der Waals surface area contributed by atoms with Crippen LogP contribution in [0.2, 0.25) is 5.02 Å². The number of halogens is 1. The third kappa shape index (κ3) is 4.37. The number of phenols is 1. The van der Waals surface area contributed by atoms with Crippen LogP contribution >= 0.6 is 11.6 Å². The summed E-state index contributed by atoms with van der Waals surface area (Å²) in [7, 11) is 4.29. The minimum absolute atomic E-state index is 0.162. The maximum absolute atomic E-state index is 9.42. The van der Waals surface area contributed by atoms with Gasteiger partial charge in [0.15, 0.2) is 0 Å². The topological polar surface area (TPSA) is 26.7 Å². The predicted octanol–water partition coefficient (Wildman–Crippen LogP) is 2.82. The zero-order chi connectivity index (χ0) is 13.8. The molecule has 0 unspecified atom stereocenters. The summed E-state index contributed by atoms with van der Waals surface area (Å²) >= 11 is 5.94. The Balaban J connectivity index is 1.83. The van der Waals surface area contributed by atoms with E-state index in [1.165, 1.54) is 24.9 Å². The van der Waals surface area contributed by atoms with E-state index in [-0.39, 0.29) is 5.75 Å². The van der Waals surface area contributed by atoms with Crippen molar-refractivity contribution in [1.29, 1.82) is 0 Å². The van der Waals surface area contributed by atoms with Crippen molar-refractivity contribution in [3.8, 4) is 5.75 Å². The van der Waals surface area contributed by atoms with Crippen molar-refractivity contribution in [3.63, 3.8) is 0 Å². The molecular weight excluding hydrogens is 260 g/mol. The van der Waals surface area contributed by atoms with E-state index < -0.39 is 0 Å². The zero-order valence-corrected chi connectivity index (χ0v) is 12.5. The first-order valence-corrected chi connectivity index (χ1v) is 7.27. The van der Waals surface area contributed by atoms with E-state index in [0.717, 1.165) is 25.6 Å². The molecule has 0 bridgehead atoms. The molecule has 0 amide bonds. The van der Waals surface area contributed by atoms with Crippen molar-refractivity contribution >= 4 is 11.6 Å². The Bertz CT molecular complexity index is 415. The highest BCUT2D eigenvalue weighted by Crippen LogP contribution is 2.25. The number of nitrogens with zero attached hydrogens (tertiary/aromatic N) is 2. The number of hydrogen-bond acceptors (Lipinski definition) is 3.